The van der Waals surface area contributed by atoms with Gasteiger partial charge >= 0.3 is 0 Å². The van der Waals surface area contributed by atoms with E-state index in [0.717, 1.165) is 12.0 Å². The Morgan fingerprint density at radius 2 is 2.04 bits per heavy atom. The van der Waals surface area contributed by atoms with Gasteiger partial charge in [0.05, 0.1) is 12.0 Å². The van der Waals surface area contributed by atoms with Crippen molar-refractivity contribution in [2.45, 2.75) is 51.6 Å². The van der Waals surface area contributed by atoms with E-state index in [0.29, 0.717) is 55.1 Å². The van der Waals surface area contributed by atoms with E-state index in [1.807, 2.05) is 24.8 Å². The van der Waals surface area contributed by atoms with E-state index in [9.17, 15) is 9.59 Å². The number of ether oxygens (including phenoxy) is 1. The van der Waals surface area contributed by atoms with Crippen LogP contribution in [0.3, 0.4) is 0 Å². The maximum atomic E-state index is 12.5. The molecule has 2 aliphatic rings. The van der Waals surface area contributed by atoms with Crippen LogP contribution in [0.1, 0.15) is 54.9 Å². The molecule has 0 saturated carbocycles. The first-order valence-corrected chi connectivity index (χ1v) is 8.62. The van der Waals surface area contributed by atoms with Gasteiger partial charge in [-0.15, -0.1) is 0 Å². The van der Waals surface area contributed by atoms with Gasteiger partial charge in [-0.2, -0.15) is 0 Å². The Labute approximate surface area is 141 Å². The summed E-state index contributed by atoms with van der Waals surface area (Å²) >= 11 is 6.12. The van der Waals surface area contributed by atoms with Gasteiger partial charge in [0.25, 0.3) is 0 Å². The highest BCUT2D eigenvalue weighted by Gasteiger charge is 2.43. The molecule has 0 bridgehead atoms. The number of benzene rings is 1. The third-order valence-corrected chi connectivity index (χ3v) is 5.27. The first kappa shape index (κ1) is 16.3. The highest BCUT2D eigenvalue weighted by atomic mass is 35.5. The summed E-state index contributed by atoms with van der Waals surface area (Å²) in [5, 5.41) is 0.594. The number of Topliss-reactive ketones (excluding diaryl/α,β-unsaturated/α-hetero) is 1. The largest absolute Gasteiger partial charge is 0.486 e. The smallest absolute Gasteiger partial charge is 0.222 e. The molecule has 1 fully saturated rings. The molecule has 5 heteroatoms. The SMILES string of the molecule is CCCC(=O)N1CCC2(CC1)CC(=O)c1cc(Cl)c(C)cc1O2. The molecule has 0 N–H and O–H groups in total. The van der Waals surface area contributed by atoms with Crippen molar-refractivity contribution in [2.24, 2.45) is 0 Å². The Kier molecular flexibility index (Phi) is 4.37. The van der Waals surface area contributed by atoms with Gasteiger partial charge in [-0.3, -0.25) is 9.59 Å². The van der Waals surface area contributed by atoms with Crippen molar-refractivity contribution < 1.29 is 14.3 Å². The van der Waals surface area contributed by atoms with Crippen LogP contribution in [0.25, 0.3) is 0 Å². The number of carbonyl (C=O) groups excluding carboxylic acids is 2. The molecule has 4 nitrogen and oxygen atoms in total. The summed E-state index contributed by atoms with van der Waals surface area (Å²) in [5.74, 6) is 0.922. The summed E-state index contributed by atoms with van der Waals surface area (Å²) in [6, 6.07) is 3.56. The molecule has 0 aromatic heterocycles. The van der Waals surface area contributed by atoms with Crippen molar-refractivity contribution >= 4 is 23.3 Å². The number of hydrogen-bond acceptors (Lipinski definition) is 3. The van der Waals surface area contributed by atoms with Crippen LogP contribution in [0.5, 0.6) is 5.75 Å². The monoisotopic (exact) mass is 335 g/mol. The number of amides is 1. The third-order valence-electron chi connectivity index (χ3n) is 4.86. The van der Waals surface area contributed by atoms with E-state index in [1.165, 1.54) is 0 Å². The lowest BCUT2D eigenvalue weighted by Gasteiger charge is -2.44. The van der Waals surface area contributed by atoms with Crippen LogP contribution in [0.2, 0.25) is 5.02 Å². The summed E-state index contributed by atoms with van der Waals surface area (Å²) in [6.45, 7) is 5.24. The lowest BCUT2D eigenvalue weighted by atomic mass is 9.82. The maximum absolute atomic E-state index is 12.5. The molecule has 0 radical (unpaired) electrons. The molecule has 1 aromatic rings. The van der Waals surface area contributed by atoms with Crippen LogP contribution < -0.4 is 4.74 Å². The predicted octanol–water partition coefficient (Wildman–Crippen LogP) is 3.77. The zero-order chi connectivity index (χ0) is 16.6. The van der Waals surface area contributed by atoms with Crippen LogP contribution in [-0.4, -0.2) is 35.3 Å². The molecule has 0 aliphatic carbocycles. The van der Waals surface area contributed by atoms with Gasteiger partial charge in [-0.25, -0.2) is 0 Å². The van der Waals surface area contributed by atoms with Crippen molar-refractivity contribution in [2.75, 3.05) is 13.1 Å². The van der Waals surface area contributed by atoms with E-state index in [4.69, 9.17) is 16.3 Å². The summed E-state index contributed by atoms with van der Waals surface area (Å²) < 4.78 is 6.24. The Hall–Kier alpha value is -1.55. The lowest BCUT2D eigenvalue weighted by Crippen LogP contribution is -2.52. The second-order valence-corrected chi connectivity index (χ2v) is 7.02. The molecule has 2 aliphatic heterocycles. The second-order valence-electron chi connectivity index (χ2n) is 6.61. The number of piperidine rings is 1. The Morgan fingerprint density at radius 1 is 1.35 bits per heavy atom. The first-order valence-electron chi connectivity index (χ1n) is 8.24. The van der Waals surface area contributed by atoms with Crippen molar-refractivity contribution in [3.8, 4) is 5.75 Å². The standard InChI is InChI=1S/C18H22ClNO3/c1-3-4-17(22)20-7-5-18(6-8-20)11-15(21)13-10-14(19)12(2)9-16(13)23-18/h9-10H,3-8,11H2,1-2H3. The fraction of sp³-hybridized carbons (Fsp3) is 0.556. The number of nitrogens with zero attached hydrogens (tertiary/aromatic N) is 1. The minimum Gasteiger partial charge on any atom is -0.486 e. The molecule has 1 saturated heterocycles. The minimum absolute atomic E-state index is 0.0847. The summed E-state index contributed by atoms with van der Waals surface area (Å²) in [7, 11) is 0. The summed E-state index contributed by atoms with van der Waals surface area (Å²) in [5.41, 5.74) is 1.02. The van der Waals surface area contributed by atoms with Crippen molar-refractivity contribution in [3.05, 3.63) is 28.3 Å². The molecule has 0 unspecified atom stereocenters. The van der Waals surface area contributed by atoms with Crippen molar-refractivity contribution in [1.82, 2.24) is 4.90 Å². The number of rotatable bonds is 2. The molecule has 1 amide bonds. The van der Waals surface area contributed by atoms with Crippen molar-refractivity contribution in [3.63, 3.8) is 0 Å². The zero-order valence-corrected chi connectivity index (χ0v) is 14.4. The lowest BCUT2D eigenvalue weighted by molar-refractivity contribution is -0.134. The van der Waals surface area contributed by atoms with Gasteiger partial charge in [0.2, 0.25) is 5.91 Å². The first-order chi connectivity index (χ1) is 10.9. The summed E-state index contributed by atoms with van der Waals surface area (Å²) in [6.07, 6.45) is 3.23. The number of ketones is 1. The van der Waals surface area contributed by atoms with E-state index < -0.39 is 5.60 Å². The molecule has 0 atom stereocenters. The van der Waals surface area contributed by atoms with Gasteiger partial charge in [-0.1, -0.05) is 18.5 Å². The number of hydrogen-bond donors (Lipinski definition) is 0. The highest BCUT2D eigenvalue weighted by molar-refractivity contribution is 6.31. The van der Waals surface area contributed by atoms with Gasteiger partial charge in [0.15, 0.2) is 5.78 Å². The van der Waals surface area contributed by atoms with Gasteiger partial charge in [0, 0.05) is 37.4 Å². The van der Waals surface area contributed by atoms with Gasteiger partial charge < -0.3 is 9.64 Å². The molecule has 2 heterocycles. The van der Waals surface area contributed by atoms with Crippen LogP contribution in [0.4, 0.5) is 0 Å². The molecule has 23 heavy (non-hydrogen) atoms. The number of aryl methyl sites for hydroxylation is 1. The van der Waals surface area contributed by atoms with Gasteiger partial charge in [0.1, 0.15) is 11.4 Å². The molecule has 3 rings (SSSR count). The third kappa shape index (κ3) is 3.09. The number of halogens is 1. The Balaban J connectivity index is 1.77. The van der Waals surface area contributed by atoms with Gasteiger partial charge in [-0.05, 0) is 31.0 Å². The van der Waals surface area contributed by atoms with Crippen LogP contribution in [-0.2, 0) is 4.79 Å². The fourth-order valence-electron chi connectivity index (χ4n) is 3.43. The van der Waals surface area contributed by atoms with Crippen molar-refractivity contribution in [1.29, 1.82) is 0 Å². The fourth-order valence-corrected chi connectivity index (χ4v) is 3.59. The molecular formula is C18H22ClNO3. The molecule has 1 aromatic carbocycles. The molecule has 1 spiro atoms. The van der Waals surface area contributed by atoms with E-state index in [1.54, 1.807) is 6.07 Å². The predicted molar refractivity (Wildman–Crippen MR) is 89.2 cm³/mol. The number of fused-ring (bicyclic) bond motifs is 1. The summed E-state index contributed by atoms with van der Waals surface area (Å²) in [4.78, 5) is 26.4. The van der Waals surface area contributed by atoms with E-state index in [2.05, 4.69) is 0 Å². The van der Waals surface area contributed by atoms with E-state index >= 15 is 0 Å². The normalized spacial score (nSPS) is 19.4. The molecule has 124 valence electrons. The number of carbonyl (C=O) groups is 2. The van der Waals surface area contributed by atoms with Crippen LogP contribution in [0.15, 0.2) is 12.1 Å². The average Bonchev–Trinajstić information content (AvgIpc) is 2.50. The highest BCUT2D eigenvalue weighted by Crippen LogP contribution is 2.41. The maximum Gasteiger partial charge on any atom is 0.222 e. The van der Waals surface area contributed by atoms with E-state index in [-0.39, 0.29) is 11.7 Å². The van der Waals surface area contributed by atoms with Crippen LogP contribution >= 0.6 is 11.6 Å². The minimum atomic E-state index is -0.465. The quantitative estimate of drug-likeness (QED) is 0.826. The number of likely N-dealkylation sites (tertiary alicyclic amines) is 1. The zero-order valence-electron chi connectivity index (χ0n) is 13.7. The topological polar surface area (TPSA) is 46.6 Å². The Morgan fingerprint density at radius 3 is 2.70 bits per heavy atom. The molecular weight excluding hydrogens is 314 g/mol. The second kappa shape index (κ2) is 6.16. The average molecular weight is 336 g/mol. The Bertz CT molecular complexity index is 648. The van der Waals surface area contributed by atoms with Crippen LogP contribution in [0, 0.1) is 6.92 Å².